The Kier molecular flexibility index (Phi) is 8.45. The Balaban J connectivity index is 1.71. The zero-order valence-electron chi connectivity index (χ0n) is 21.9. The molecule has 0 unspecified atom stereocenters. The number of hydrogen-bond donors (Lipinski definition) is 3. The van der Waals surface area contributed by atoms with Crippen LogP contribution in [0.3, 0.4) is 0 Å². The van der Waals surface area contributed by atoms with Crippen LogP contribution in [-0.2, 0) is 10.1 Å². The number of phenolic OH excluding ortho intramolecular Hbond substituents is 1. The third-order valence-corrected chi connectivity index (χ3v) is 6.74. The predicted octanol–water partition coefficient (Wildman–Crippen LogP) is 4.37. The average Bonchev–Trinajstić information content (AvgIpc) is 2.93. The molecular weight excluding hydrogens is 554 g/mol. The molecule has 0 bridgehead atoms. The van der Waals surface area contributed by atoms with Crippen LogP contribution >= 0.6 is 0 Å². The Morgan fingerprint density at radius 1 is 0.927 bits per heavy atom. The molecule has 3 aromatic carbocycles. The van der Waals surface area contributed by atoms with E-state index in [1.807, 2.05) is 18.7 Å². The molecule has 13 nitrogen and oxygen atoms in total. The molecule has 0 amide bonds. The third-order valence-electron chi connectivity index (χ3n) is 5.89. The van der Waals surface area contributed by atoms with Gasteiger partial charge in [-0.25, -0.2) is 4.79 Å². The summed E-state index contributed by atoms with van der Waals surface area (Å²) in [5.41, 5.74) is -0.519. The molecule has 1 heterocycles. The first-order valence-electron chi connectivity index (χ1n) is 12.2. The predicted molar refractivity (Wildman–Crippen MR) is 149 cm³/mol. The molecule has 4 aromatic rings. The summed E-state index contributed by atoms with van der Waals surface area (Å²) in [6, 6.07) is 16.6. The minimum Gasteiger partial charge on any atom is -0.506 e. The van der Waals surface area contributed by atoms with Crippen LogP contribution < -0.4 is 15.2 Å². The van der Waals surface area contributed by atoms with Crippen LogP contribution in [0.5, 0.6) is 17.2 Å². The van der Waals surface area contributed by atoms with Crippen molar-refractivity contribution < 1.29 is 32.7 Å². The van der Waals surface area contributed by atoms with Gasteiger partial charge < -0.3 is 19.8 Å². The number of phenols is 1. The molecule has 3 N–H and O–H groups in total. The highest BCUT2D eigenvalue weighted by Gasteiger charge is 2.22. The Labute approximate surface area is 234 Å². The van der Waals surface area contributed by atoms with Crippen LogP contribution in [0.25, 0.3) is 5.69 Å². The van der Waals surface area contributed by atoms with Gasteiger partial charge in [-0.2, -0.15) is 18.2 Å². The van der Waals surface area contributed by atoms with Gasteiger partial charge in [0.15, 0.2) is 11.5 Å². The van der Waals surface area contributed by atoms with Gasteiger partial charge in [-0.15, -0.1) is 10.2 Å². The van der Waals surface area contributed by atoms with Crippen molar-refractivity contribution in [3.63, 3.8) is 0 Å². The smallest absolute Gasteiger partial charge is 0.368 e. The highest BCUT2D eigenvalue weighted by Crippen LogP contribution is 2.36. The van der Waals surface area contributed by atoms with Crippen molar-refractivity contribution in [2.24, 2.45) is 10.2 Å². The summed E-state index contributed by atoms with van der Waals surface area (Å²) in [6.07, 6.45) is 0. The van der Waals surface area contributed by atoms with Crippen LogP contribution in [0, 0.1) is 0 Å². The number of rotatable bonds is 9. The zero-order chi connectivity index (χ0) is 29.7. The molecule has 0 spiro atoms. The van der Waals surface area contributed by atoms with Gasteiger partial charge in [-0.3, -0.25) is 9.35 Å². The second-order valence-electron chi connectivity index (χ2n) is 8.50. The summed E-state index contributed by atoms with van der Waals surface area (Å²) in [6.45, 7) is 5.35. The number of nitrogens with zero attached hydrogens (tertiary/aromatic N) is 5. The maximum absolute atomic E-state index is 13.0. The lowest BCUT2D eigenvalue weighted by molar-refractivity contribution is 0.0723. The topological polar surface area (TPSA) is 184 Å². The van der Waals surface area contributed by atoms with E-state index in [1.165, 1.54) is 12.1 Å². The number of hydrogen-bond acceptors (Lipinski definition) is 11. The Bertz CT molecular complexity index is 1790. The molecule has 0 saturated heterocycles. The number of azo groups is 1. The third kappa shape index (κ3) is 6.57. The summed E-state index contributed by atoms with van der Waals surface area (Å²) in [7, 11) is -4.67. The first-order valence-corrected chi connectivity index (χ1v) is 13.7. The van der Waals surface area contributed by atoms with E-state index in [1.54, 1.807) is 36.4 Å². The van der Waals surface area contributed by atoms with E-state index in [9.17, 15) is 32.8 Å². The SMILES string of the molecule is CCN(CC)c1ccc(N=Nc2cc(S(=O)(=O)O)ccc2OC(=O)c2nn(-c3ccccc3)c(=O)cc2O)c(O)c1. The van der Waals surface area contributed by atoms with Crippen molar-refractivity contribution in [3.05, 3.63) is 88.8 Å². The summed E-state index contributed by atoms with van der Waals surface area (Å²) in [4.78, 5) is 26.8. The van der Waals surface area contributed by atoms with Gasteiger partial charge in [-0.05, 0) is 56.3 Å². The van der Waals surface area contributed by atoms with Crippen LogP contribution in [0.15, 0.2) is 92.7 Å². The van der Waals surface area contributed by atoms with E-state index in [0.717, 1.165) is 34.6 Å². The van der Waals surface area contributed by atoms with Crippen LogP contribution in [0.2, 0.25) is 0 Å². The second-order valence-corrected chi connectivity index (χ2v) is 9.92. The minimum atomic E-state index is -4.67. The highest BCUT2D eigenvalue weighted by atomic mass is 32.2. The molecule has 4 rings (SSSR count). The zero-order valence-corrected chi connectivity index (χ0v) is 22.7. The van der Waals surface area contributed by atoms with Crippen LogP contribution in [-0.4, -0.2) is 52.0 Å². The molecule has 212 valence electrons. The van der Waals surface area contributed by atoms with E-state index < -0.39 is 38.0 Å². The van der Waals surface area contributed by atoms with Crippen LogP contribution in [0.1, 0.15) is 24.3 Å². The van der Waals surface area contributed by atoms with Gasteiger partial charge in [-0.1, -0.05) is 18.2 Å². The van der Waals surface area contributed by atoms with Crippen molar-refractivity contribution in [3.8, 4) is 22.9 Å². The average molecular weight is 580 g/mol. The largest absolute Gasteiger partial charge is 0.506 e. The maximum atomic E-state index is 13.0. The normalized spacial score (nSPS) is 11.5. The summed E-state index contributed by atoms with van der Waals surface area (Å²) in [5.74, 6) is -2.47. The van der Waals surface area contributed by atoms with Gasteiger partial charge in [0.05, 0.1) is 10.6 Å². The fraction of sp³-hybridized carbons (Fsp3) is 0.148. The number of carbonyl (C=O) groups excluding carboxylic acids is 1. The molecule has 0 fully saturated rings. The number of para-hydroxylation sites is 1. The number of anilines is 1. The fourth-order valence-corrected chi connectivity index (χ4v) is 4.31. The van der Waals surface area contributed by atoms with E-state index >= 15 is 0 Å². The molecular formula is C27H25N5O8S. The molecule has 0 aliphatic rings. The lowest BCUT2D eigenvalue weighted by atomic mass is 10.2. The van der Waals surface area contributed by atoms with E-state index in [-0.39, 0.29) is 22.9 Å². The lowest BCUT2D eigenvalue weighted by Crippen LogP contribution is -2.24. The first kappa shape index (κ1) is 28.9. The van der Waals surface area contributed by atoms with E-state index in [0.29, 0.717) is 18.8 Å². The van der Waals surface area contributed by atoms with Crippen molar-refractivity contribution in [1.82, 2.24) is 9.78 Å². The van der Waals surface area contributed by atoms with Crippen molar-refractivity contribution in [2.75, 3.05) is 18.0 Å². The van der Waals surface area contributed by atoms with Crippen LogP contribution in [0.4, 0.5) is 17.1 Å². The van der Waals surface area contributed by atoms with Gasteiger partial charge in [0.1, 0.15) is 17.1 Å². The monoisotopic (exact) mass is 579 g/mol. The molecule has 0 atom stereocenters. The van der Waals surface area contributed by atoms with Gasteiger partial charge in [0, 0.05) is 30.9 Å². The Hall–Kier alpha value is -5.08. The summed E-state index contributed by atoms with van der Waals surface area (Å²) in [5, 5.41) is 32.5. The molecule has 0 aliphatic carbocycles. The molecule has 0 saturated carbocycles. The maximum Gasteiger partial charge on any atom is 0.368 e. The lowest BCUT2D eigenvalue weighted by Gasteiger charge is -2.21. The molecule has 1 aromatic heterocycles. The molecule has 0 aliphatic heterocycles. The van der Waals surface area contributed by atoms with Gasteiger partial charge in [0.2, 0.25) is 5.69 Å². The molecule has 0 radical (unpaired) electrons. The standard InChI is InChI=1S/C27H25N5O8S/c1-3-31(4-2)18-10-12-20(22(33)14-18)28-29-21-15-19(41(37,38)39)11-13-24(21)40-27(36)26-23(34)16-25(35)32(30-26)17-8-6-5-7-9-17/h5-16,33-34H,3-4H2,1-2H3,(H,37,38,39). The minimum absolute atomic E-state index is 0.0321. The highest BCUT2D eigenvalue weighted by molar-refractivity contribution is 7.85. The number of aromatic hydroxyl groups is 2. The number of aromatic nitrogens is 2. The summed E-state index contributed by atoms with van der Waals surface area (Å²) >= 11 is 0. The molecule has 41 heavy (non-hydrogen) atoms. The number of benzene rings is 3. The van der Waals surface area contributed by atoms with E-state index in [2.05, 4.69) is 15.3 Å². The van der Waals surface area contributed by atoms with E-state index in [4.69, 9.17) is 4.74 Å². The Morgan fingerprint density at radius 3 is 2.24 bits per heavy atom. The molecule has 14 heteroatoms. The Morgan fingerprint density at radius 2 is 1.61 bits per heavy atom. The second kappa shape index (κ2) is 12.0. The van der Waals surface area contributed by atoms with Crippen molar-refractivity contribution in [1.29, 1.82) is 0 Å². The number of esters is 1. The summed E-state index contributed by atoms with van der Waals surface area (Å²) < 4.78 is 39.2. The quantitative estimate of drug-likeness (QED) is 0.111. The first-order chi connectivity index (χ1) is 19.5. The van der Waals surface area contributed by atoms with Crippen molar-refractivity contribution >= 4 is 33.1 Å². The number of carbonyl (C=O) groups is 1. The van der Waals surface area contributed by atoms with Gasteiger partial charge in [0.25, 0.3) is 15.7 Å². The van der Waals surface area contributed by atoms with Gasteiger partial charge >= 0.3 is 5.97 Å². The fourth-order valence-electron chi connectivity index (χ4n) is 3.81. The number of ether oxygens (including phenoxy) is 1. The van der Waals surface area contributed by atoms with Crippen molar-refractivity contribution in [2.45, 2.75) is 18.7 Å².